The van der Waals surface area contributed by atoms with Crippen molar-refractivity contribution in [2.45, 2.75) is 20.3 Å². The third-order valence-electron chi connectivity index (χ3n) is 2.37. The molecular formula is C13H17ClN2O4S. The summed E-state index contributed by atoms with van der Waals surface area (Å²) in [6.07, 6.45) is 0.815. The molecule has 0 saturated carbocycles. The molecule has 8 heteroatoms. The zero-order chi connectivity index (χ0) is 15.8. The molecule has 0 atom stereocenters. The van der Waals surface area contributed by atoms with Crippen LogP contribution in [0.25, 0.3) is 0 Å². The van der Waals surface area contributed by atoms with Gasteiger partial charge in [0.05, 0.1) is 4.34 Å². The first-order valence-corrected chi connectivity index (χ1v) is 7.58. The Labute approximate surface area is 131 Å². The summed E-state index contributed by atoms with van der Waals surface area (Å²) in [4.78, 5) is 34.6. The van der Waals surface area contributed by atoms with Crippen LogP contribution in [0.3, 0.4) is 0 Å². The van der Waals surface area contributed by atoms with Crippen molar-refractivity contribution >= 4 is 40.8 Å². The minimum atomic E-state index is -0.687. The number of nitrogens with one attached hydrogen (secondary N) is 2. The molecule has 1 rings (SSSR count). The molecule has 0 saturated heterocycles. The van der Waals surface area contributed by atoms with Crippen molar-refractivity contribution in [3.63, 3.8) is 0 Å². The summed E-state index contributed by atoms with van der Waals surface area (Å²) in [5.74, 6) is -0.880. The zero-order valence-electron chi connectivity index (χ0n) is 11.8. The average molecular weight is 333 g/mol. The molecule has 2 N–H and O–H groups in total. The van der Waals surface area contributed by atoms with E-state index in [2.05, 4.69) is 10.6 Å². The molecule has 3 amide bonds. The lowest BCUT2D eigenvalue weighted by Gasteiger charge is -2.08. The minimum absolute atomic E-state index is 0.300. The van der Waals surface area contributed by atoms with Crippen LogP contribution >= 0.6 is 22.9 Å². The second-order valence-electron chi connectivity index (χ2n) is 4.67. The first kappa shape index (κ1) is 17.5. The number of esters is 1. The topological polar surface area (TPSA) is 84.5 Å². The summed E-state index contributed by atoms with van der Waals surface area (Å²) in [6.45, 7) is 4.01. The van der Waals surface area contributed by atoms with Gasteiger partial charge in [0.2, 0.25) is 0 Å². The molecule has 0 fully saturated rings. The lowest BCUT2D eigenvalue weighted by atomic mass is 10.1. The van der Waals surface area contributed by atoms with Gasteiger partial charge in [-0.15, -0.1) is 11.3 Å². The van der Waals surface area contributed by atoms with Gasteiger partial charge in [-0.25, -0.2) is 9.59 Å². The molecule has 0 unspecified atom stereocenters. The highest BCUT2D eigenvalue weighted by molar-refractivity contribution is 7.17. The van der Waals surface area contributed by atoms with E-state index >= 15 is 0 Å². The van der Waals surface area contributed by atoms with Crippen molar-refractivity contribution in [2.75, 3.05) is 13.2 Å². The van der Waals surface area contributed by atoms with Crippen LogP contribution in [-0.4, -0.2) is 31.1 Å². The molecule has 21 heavy (non-hydrogen) atoms. The number of hydrogen-bond acceptors (Lipinski definition) is 5. The lowest BCUT2D eigenvalue weighted by molar-refractivity contribution is -0.123. The number of urea groups is 1. The van der Waals surface area contributed by atoms with Crippen LogP contribution in [0.5, 0.6) is 0 Å². The molecule has 0 aliphatic rings. The van der Waals surface area contributed by atoms with Gasteiger partial charge in [0.1, 0.15) is 4.88 Å². The third-order valence-corrected chi connectivity index (χ3v) is 3.58. The monoisotopic (exact) mass is 332 g/mol. The number of thiophene rings is 1. The molecular weight excluding hydrogens is 316 g/mol. The number of hydrogen-bond donors (Lipinski definition) is 2. The summed E-state index contributed by atoms with van der Waals surface area (Å²) < 4.78 is 5.22. The molecule has 0 spiro atoms. The van der Waals surface area contributed by atoms with Crippen molar-refractivity contribution in [1.29, 1.82) is 0 Å². The fourth-order valence-corrected chi connectivity index (χ4v) is 2.24. The second-order valence-corrected chi connectivity index (χ2v) is 6.38. The molecule has 1 aromatic rings. The largest absolute Gasteiger partial charge is 0.451 e. The number of amides is 3. The van der Waals surface area contributed by atoms with Gasteiger partial charge in [0.25, 0.3) is 5.91 Å². The SMILES string of the molecule is CC(C)CCNC(=O)NC(=O)COC(=O)c1ccc(Cl)s1. The van der Waals surface area contributed by atoms with E-state index in [-0.39, 0.29) is 0 Å². The van der Waals surface area contributed by atoms with Crippen molar-refractivity contribution in [1.82, 2.24) is 10.6 Å². The van der Waals surface area contributed by atoms with Crippen LogP contribution in [0, 0.1) is 5.92 Å². The van der Waals surface area contributed by atoms with Crippen LogP contribution in [0.2, 0.25) is 4.34 Å². The van der Waals surface area contributed by atoms with Crippen molar-refractivity contribution in [3.8, 4) is 0 Å². The summed E-state index contributed by atoms with van der Waals surface area (Å²) in [5, 5.41) is 4.62. The first-order chi connectivity index (χ1) is 9.88. The molecule has 0 aliphatic heterocycles. The number of imide groups is 1. The standard InChI is InChI=1S/C13H17ClN2O4S/c1-8(2)5-6-15-13(19)16-11(17)7-20-12(18)9-3-4-10(14)21-9/h3-4,8H,5-7H2,1-2H3,(H2,15,16,17,19). The quantitative estimate of drug-likeness (QED) is 0.783. The molecule has 0 radical (unpaired) electrons. The van der Waals surface area contributed by atoms with Gasteiger partial charge in [-0.2, -0.15) is 0 Å². The zero-order valence-corrected chi connectivity index (χ0v) is 13.3. The third kappa shape index (κ3) is 7.10. The van der Waals surface area contributed by atoms with Crippen LogP contribution in [0.1, 0.15) is 29.9 Å². The van der Waals surface area contributed by atoms with Crippen molar-refractivity contribution in [2.24, 2.45) is 5.92 Å². The highest BCUT2D eigenvalue weighted by atomic mass is 35.5. The van der Waals surface area contributed by atoms with Gasteiger partial charge < -0.3 is 10.1 Å². The first-order valence-electron chi connectivity index (χ1n) is 6.38. The van der Waals surface area contributed by atoms with Gasteiger partial charge in [-0.1, -0.05) is 25.4 Å². The van der Waals surface area contributed by atoms with E-state index in [0.717, 1.165) is 17.8 Å². The van der Waals surface area contributed by atoms with Crippen molar-refractivity contribution in [3.05, 3.63) is 21.3 Å². The van der Waals surface area contributed by atoms with E-state index in [1.807, 2.05) is 13.8 Å². The Morgan fingerprint density at radius 2 is 2.05 bits per heavy atom. The summed E-state index contributed by atoms with van der Waals surface area (Å²) in [6, 6.07) is 2.47. The number of halogens is 1. The van der Waals surface area contributed by atoms with Crippen LogP contribution in [0.15, 0.2) is 12.1 Å². The van der Waals surface area contributed by atoms with E-state index in [1.165, 1.54) is 6.07 Å². The fourth-order valence-electron chi connectivity index (χ4n) is 1.31. The normalized spacial score (nSPS) is 10.3. The Kier molecular flexibility index (Phi) is 7.18. The molecule has 1 aromatic heterocycles. The molecule has 0 aliphatic carbocycles. The summed E-state index contributed by atoms with van der Waals surface area (Å²) in [7, 11) is 0. The number of ether oxygens (including phenoxy) is 1. The number of rotatable bonds is 6. The maximum Gasteiger partial charge on any atom is 0.348 e. The Balaban J connectivity index is 2.24. The maximum atomic E-state index is 11.5. The predicted molar refractivity (Wildman–Crippen MR) is 80.6 cm³/mol. The Bertz CT molecular complexity index is 516. The Hall–Kier alpha value is -1.60. The molecule has 116 valence electrons. The highest BCUT2D eigenvalue weighted by Gasteiger charge is 2.13. The lowest BCUT2D eigenvalue weighted by Crippen LogP contribution is -2.41. The fraction of sp³-hybridized carbons (Fsp3) is 0.462. The van der Waals surface area contributed by atoms with Gasteiger partial charge >= 0.3 is 12.0 Å². The number of carbonyl (C=O) groups excluding carboxylic acids is 3. The van der Waals surface area contributed by atoms with Crippen LogP contribution in [-0.2, 0) is 9.53 Å². The van der Waals surface area contributed by atoms with E-state index in [0.29, 0.717) is 21.7 Å². The van der Waals surface area contributed by atoms with Gasteiger partial charge in [0, 0.05) is 6.54 Å². The molecule has 1 heterocycles. The van der Waals surface area contributed by atoms with Gasteiger partial charge in [-0.05, 0) is 24.5 Å². The second kappa shape index (κ2) is 8.63. The van der Waals surface area contributed by atoms with E-state index in [9.17, 15) is 14.4 Å². The minimum Gasteiger partial charge on any atom is -0.451 e. The summed E-state index contributed by atoms with van der Waals surface area (Å²) >= 11 is 6.74. The van der Waals surface area contributed by atoms with E-state index < -0.39 is 24.5 Å². The average Bonchev–Trinajstić information content (AvgIpc) is 2.82. The Morgan fingerprint density at radius 3 is 2.62 bits per heavy atom. The molecule has 0 bridgehead atoms. The van der Waals surface area contributed by atoms with Crippen LogP contribution < -0.4 is 10.6 Å². The summed E-state index contributed by atoms with van der Waals surface area (Å²) in [5.41, 5.74) is 0. The highest BCUT2D eigenvalue weighted by Crippen LogP contribution is 2.21. The Morgan fingerprint density at radius 1 is 1.33 bits per heavy atom. The predicted octanol–water partition coefficient (Wildman–Crippen LogP) is 2.43. The van der Waals surface area contributed by atoms with Gasteiger partial charge in [0.15, 0.2) is 6.61 Å². The number of carbonyl (C=O) groups is 3. The maximum absolute atomic E-state index is 11.5. The van der Waals surface area contributed by atoms with E-state index in [4.69, 9.17) is 16.3 Å². The van der Waals surface area contributed by atoms with Gasteiger partial charge in [-0.3, -0.25) is 10.1 Å². The van der Waals surface area contributed by atoms with Crippen molar-refractivity contribution < 1.29 is 19.1 Å². The van der Waals surface area contributed by atoms with Crippen LogP contribution in [0.4, 0.5) is 4.79 Å². The molecule has 0 aromatic carbocycles. The molecule has 6 nitrogen and oxygen atoms in total. The van der Waals surface area contributed by atoms with E-state index in [1.54, 1.807) is 6.07 Å². The smallest absolute Gasteiger partial charge is 0.348 e.